The lowest BCUT2D eigenvalue weighted by Gasteiger charge is -2.33. The van der Waals surface area contributed by atoms with E-state index in [0.717, 1.165) is 24.8 Å². The van der Waals surface area contributed by atoms with Gasteiger partial charge in [-0.2, -0.15) is 0 Å². The average Bonchev–Trinajstić information content (AvgIpc) is 3.64. The molecule has 1 aliphatic carbocycles. The molecule has 0 saturated heterocycles. The fourth-order valence-corrected chi connectivity index (χ4v) is 4.28. The number of thiol groups is 1. The second-order valence-electron chi connectivity index (χ2n) is 9.57. The standard InChI is InChI=1S/C25H25N.C4H10.H3NS/c1-18(21-11-12-21)26-14-4-7-24-17-20(9-13-25(24)26)15-19-8-10-22-5-2-3-6-23(22)16-19;1-4(2)3;1-2/h2-3,5-6,8-10,13,16-17,21H,1,4,7,11-12,14-15H2;4H,1-3H3;2H,1H2. The van der Waals surface area contributed by atoms with E-state index in [9.17, 15) is 0 Å². The SMILES string of the molecule is C=C(C1CC1)N1CCCc2cc(Cc3ccc4ccccc4c3)ccc21.CC(C)C.NS. The third-order valence-electron chi connectivity index (χ3n) is 5.88. The Hall–Kier alpha value is -2.23. The van der Waals surface area contributed by atoms with Crippen molar-refractivity contribution in [2.75, 3.05) is 11.4 Å². The van der Waals surface area contributed by atoms with E-state index in [-0.39, 0.29) is 0 Å². The number of rotatable bonds is 4. The largest absolute Gasteiger partial charge is 0.345 e. The molecule has 0 amide bonds. The molecule has 1 fully saturated rings. The highest BCUT2D eigenvalue weighted by Gasteiger charge is 2.30. The van der Waals surface area contributed by atoms with E-state index >= 15 is 0 Å². The van der Waals surface area contributed by atoms with Gasteiger partial charge in [0.05, 0.1) is 0 Å². The third-order valence-corrected chi connectivity index (χ3v) is 5.88. The van der Waals surface area contributed by atoms with Crippen molar-refractivity contribution in [1.82, 2.24) is 0 Å². The lowest BCUT2D eigenvalue weighted by atomic mass is 9.95. The normalized spacial score (nSPS) is 14.8. The maximum Gasteiger partial charge on any atom is 0.0440 e. The maximum atomic E-state index is 4.38. The van der Waals surface area contributed by atoms with Crippen molar-refractivity contribution < 1.29 is 0 Å². The minimum absolute atomic E-state index is 0.734. The van der Waals surface area contributed by atoms with Crippen LogP contribution in [0.2, 0.25) is 0 Å². The molecule has 2 aliphatic rings. The highest BCUT2D eigenvalue weighted by molar-refractivity contribution is 7.77. The molecule has 0 bridgehead atoms. The Morgan fingerprint density at radius 1 is 0.969 bits per heavy atom. The van der Waals surface area contributed by atoms with Crippen molar-refractivity contribution in [3.63, 3.8) is 0 Å². The van der Waals surface area contributed by atoms with E-state index in [1.165, 1.54) is 64.5 Å². The number of nitrogens with zero attached hydrogens (tertiary/aromatic N) is 1. The summed E-state index contributed by atoms with van der Waals surface area (Å²) in [5.74, 6) is 1.57. The van der Waals surface area contributed by atoms with Crippen molar-refractivity contribution in [3.05, 3.63) is 89.6 Å². The smallest absolute Gasteiger partial charge is 0.0440 e. The van der Waals surface area contributed by atoms with Crippen molar-refractivity contribution >= 4 is 29.3 Å². The first-order valence-corrected chi connectivity index (χ1v) is 12.3. The van der Waals surface area contributed by atoms with Gasteiger partial charge in [0.25, 0.3) is 0 Å². The molecule has 1 aliphatic heterocycles. The topological polar surface area (TPSA) is 29.3 Å². The van der Waals surface area contributed by atoms with Gasteiger partial charge in [0.15, 0.2) is 0 Å². The molecule has 5 rings (SSSR count). The zero-order chi connectivity index (χ0) is 23.1. The summed E-state index contributed by atoms with van der Waals surface area (Å²) < 4.78 is 0. The van der Waals surface area contributed by atoms with Crippen LogP contribution in [0.25, 0.3) is 10.8 Å². The van der Waals surface area contributed by atoms with Crippen molar-refractivity contribution in [3.8, 4) is 0 Å². The predicted octanol–water partition coefficient (Wildman–Crippen LogP) is 7.56. The van der Waals surface area contributed by atoms with Gasteiger partial charge in [-0.25, -0.2) is 0 Å². The molecular formula is C29H38N2S. The summed E-state index contributed by atoms with van der Waals surface area (Å²) in [7, 11) is 0. The first kappa shape index (κ1) is 24.4. The Morgan fingerprint density at radius 2 is 1.59 bits per heavy atom. The van der Waals surface area contributed by atoms with Gasteiger partial charge in [-0.3, -0.25) is 5.14 Å². The Kier molecular flexibility index (Phi) is 8.84. The fraction of sp³-hybridized carbons (Fsp3) is 0.379. The van der Waals surface area contributed by atoms with Gasteiger partial charge in [-0.15, -0.1) is 12.8 Å². The first-order chi connectivity index (χ1) is 15.5. The minimum atomic E-state index is 0.734. The van der Waals surface area contributed by atoms with E-state index in [2.05, 4.69) is 111 Å². The van der Waals surface area contributed by atoms with Crippen LogP contribution >= 0.6 is 12.8 Å². The lowest BCUT2D eigenvalue weighted by Crippen LogP contribution is -2.29. The van der Waals surface area contributed by atoms with Crippen molar-refractivity contribution in [2.24, 2.45) is 17.0 Å². The quantitative estimate of drug-likeness (QED) is 0.405. The number of fused-ring (bicyclic) bond motifs is 2. The maximum absolute atomic E-state index is 4.38. The first-order valence-electron chi connectivity index (χ1n) is 11.8. The zero-order valence-electron chi connectivity index (χ0n) is 19.8. The number of allylic oxidation sites excluding steroid dienone is 1. The van der Waals surface area contributed by atoms with Gasteiger partial charge in [0, 0.05) is 17.9 Å². The summed E-state index contributed by atoms with van der Waals surface area (Å²) in [6, 6.07) is 22.5. The van der Waals surface area contributed by atoms with E-state index in [1.807, 2.05) is 0 Å². The van der Waals surface area contributed by atoms with E-state index < -0.39 is 0 Å². The van der Waals surface area contributed by atoms with Gasteiger partial charge in [0.1, 0.15) is 0 Å². The number of benzene rings is 3. The summed E-state index contributed by atoms with van der Waals surface area (Å²) in [5, 5.41) is 6.84. The molecule has 0 aromatic heterocycles. The third kappa shape index (κ3) is 6.40. The molecule has 32 heavy (non-hydrogen) atoms. The Bertz CT molecular complexity index is 1030. The van der Waals surface area contributed by atoms with Crippen LogP contribution in [-0.2, 0) is 12.8 Å². The molecule has 2 N–H and O–H groups in total. The molecule has 3 aromatic rings. The van der Waals surface area contributed by atoms with Crippen LogP contribution < -0.4 is 10.0 Å². The number of nitrogens with two attached hydrogens (primary N) is 1. The van der Waals surface area contributed by atoms with Gasteiger partial charge < -0.3 is 4.90 Å². The molecule has 3 aromatic carbocycles. The van der Waals surface area contributed by atoms with Crippen LogP contribution in [0.3, 0.4) is 0 Å². The zero-order valence-corrected chi connectivity index (χ0v) is 20.7. The number of hydrogen-bond donors (Lipinski definition) is 2. The summed E-state index contributed by atoms with van der Waals surface area (Å²) in [6.45, 7) is 12.0. The van der Waals surface area contributed by atoms with E-state index in [4.69, 9.17) is 0 Å². The predicted molar refractivity (Wildman–Crippen MR) is 144 cm³/mol. The fourth-order valence-electron chi connectivity index (χ4n) is 4.28. The lowest BCUT2D eigenvalue weighted by molar-refractivity contribution is 0.718. The Balaban J connectivity index is 0.000000437. The second-order valence-corrected chi connectivity index (χ2v) is 9.57. The molecule has 3 heteroatoms. The second kappa shape index (κ2) is 11.6. The number of anilines is 1. The van der Waals surface area contributed by atoms with Gasteiger partial charge >= 0.3 is 0 Å². The van der Waals surface area contributed by atoms with E-state index in [1.54, 1.807) is 0 Å². The number of hydrogen-bond acceptors (Lipinski definition) is 3. The highest BCUT2D eigenvalue weighted by Crippen LogP contribution is 2.41. The molecular weight excluding hydrogens is 408 g/mol. The average molecular weight is 447 g/mol. The van der Waals surface area contributed by atoms with Gasteiger partial charge in [-0.05, 0) is 77.5 Å². The summed E-state index contributed by atoms with van der Waals surface area (Å²) in [4.78, 5) is 2.48. The Labute approximate surface area is 200 Å². The molecule has 2 nitrogen and oxygen atoms in total. The van der Waals surface area contributed by atoms with Crippen molar-refractivity contribution in [1.29, 1.82) is 0 Å². The van der Waals surface area contributed by atoms with E-state index in [0.29, 0.717) is 0 Å². The van der Waals surface area contributed by atoms with Crippen LogP contribution in [0.15, 0.2) is 72.9 Å². The highest BCUT2D eigenvalue weighted by atomic mass is 32.1. The van der Waals surface area contributed by atoms with Gasteiger partial charge in [-0.1, -0.05) is 81.9 Å². The van der Waals surface area contributed by atoms with Gasteiger partial charge in [0.2, 0.25) is 0 Å². The van der Waals surface area contributed by atoms with Crippen LogP contribution in [0, 0.1) is 11.8 Å². The summed E-state index contributed by atoms with van der Waals surface area (Å²) in [5.41, 5.74) is 7.04. The summed E-state index contributed by atoms with van der Waals surface area (Å²) >= 11 is 3.03. The van der Waals surface area contributed by atoms with Crippen LogP contribution in [0.5, 0.6) is 0 Å². The minimum Gasteiger partial charge on any atom is -0.345 e. The molecule has 0 spiro atoms. The van der Waals surface area contributed by atoms with Crippen LogP contribution in [0.1, 0.15) is 56.7 Å². The monoisotopic (exact) mass is 446 g/mol. The van der Waals surface area contributed by atoms with Crippen LogP contribution in [-0.4, -0.2) is 6.54 Å². The molecule has 0 unspecified atom stereocenters. The number of aryl methyl sites for hydroxylation is 1. The molecule has 1 saturated carbocycles. The Morgan fingerprint density at radius 3 is 2.28 bits per heavy atom. The van der Waals surface area contributed by atoms with Crippen molar-refractivity contribution in [2.45, 2.75) is 52.9 Å². The molecule has 1 heterocycles. The molecule has 170 valence electrons. The van der Waals surface area contributed by atoms with Crippen LogP contribution in [0.4, 0.5) is 5.69 Å². The molecule has 0 radical (unpaired) electrons. The molecule has 0 atom stereocenters. The summed E-state index contributed by atoms with van der Waals surface area (Å²) in [6.07, 6.45) is 6.07.